The van der Waals surface area contributed by atoms with E-state index in [-0.39, 0.29) is 23.7 Å². The summed E-state index contributed by atoms with van der Waals surface area (Å²) in [5.41, 5.74) is 4.60. The van der Waals surface area contributed by atoms with Gasteiger partial charge in [0.05, 0.1) is 11.6 Å². The molecule has 0 bridgehead atoms. The average Bonchev–Trinajstić information content (AvgIpc) is 3.03. The van der Waals surface area contributed by atoms with E-state index in [0.29, 0.717) is 23.0 Å². The van der Waals surface area contributed by atoms with Crippen LogP contribution < -0.4 is 15.9 Å². The molecule has 1 aliphatic heterocycles. The van der Waals surface area contributed by atoms with Gasteiger partial charge in [-0.3, -0.25) is 14.9 Å². The zero-order valence-electron chi connectivity index (χ0n) is 20.1. The molecular formula is C27H32FN5O. The molecule has 7 heteroatoms. The Morgan fingerprint density at radius 2 is 2.00 bits per heavy atom. The Kier molecular flexibility index (Phi) is 6.21. The lowest BCUT2D eigenvalue weighted by Crippen LogP contribution is -2.39. The highest BCUT2D eigenvalue weighted by Crippen LogP contribution is 2.41. The third-order valence-electron chi connectivity index (χ3n) is 7.19. The van der Waals surface area contributed by atoms with Crippen LogP contribution in [0.1, 0.15) is 59.8 Å². The maximum absolute atomic E-state index is 15.3. The Bertz CT molecular complexity index is 1340. The fourth-order valence-corrected chi connectivity index (χ4v) is 5.47. The van der Waals surface area contributed by atoms with Gasteiger partial charge in [-0.15, -0.1) is 0 Å². The van der Waals surface area contributed by atoms with Gasteiger partial charge in [-0.2, -0.15) is 5.10 Å². The van der Waals surface area contributed by atoms with Crippen LogP contribution in [0.15, 0.2) is 35.3 Å². The second kappa shape index (κ2) is 9.29. The molecule has 0 spiro atoms. The van der Waals surface area contributed by atoms with Crippen molar-refractivity contribution in [3.05, 3.63) is 63.5 Å². The van der Waals surface area contributed by atoms with Crippen molar-refractivity contribution in [3.63, 3.8) is 0 Å². The largest absolute Gasteiger partial charge is 0.351 e. The number of aromatic nitrogens is 2. The normalized spacial score (nSPS) is 20.0. The first kappa shape index (κ1) is 22.7. The van der Waals surface area contributed by atoms with Gasteiger partial charge in [-0.1, -0.05) is 30.5 Å². The second-order valence-electron chi connectivity index (χ2n) is 9.81. The molecule has 1 fully saturated rings. The number of aryl methyl sites for hydroxylation is 1. The topological polar surface area (TPSA) is 73.4 Å². The Morgan fingerprint density at radius 3 is 2.76 bits per heavy atom. The molecular weight excluding hydrogens is 429 g/mol. The molecule has 2 aromatic carbocycles. The standard InChI is InChI=1S/C27H32FN5O/c1-16-23-22(32-31-16)15-21(28)26-24(23)19-7-5-4-6-8-20(19)25(30-26)17-9-11-18(12-10-17)27(34)29-13-14-33(2)3/h9-12,15,20,25H,4-8,13-14H2,1-3H3,(H,29,34)(H,31,32). The van der Waals surface area contributed by atoms with Gasteiger partial charge in [0.25, 0.3) is 5.91 Å². The number of rotatable bonds is 5. The number of carbonyl (C=O) groups excluding carboxylic acids is 1. The number of likely N-dealkylation sites (N-methyl/N-ethyl adjacent to an activating group) is 1. The molecule has 2 unspecified atom stereocenters. The predicted molar refractivity (Wildman–Crippen MR) is 132 cm³/mol. The summed E-state index contributed by atoms with van der Waals surface area (Å²) in [7, 11) is 3.96. The van der Waals surface area contributed by atoms with Gasteiger partial charge in [0.15, 0.2) is 5.82 Å². The molecule has 0 saturated heterocycles. The molecule has 34 heavy (non-hydrogen) atoms. The van der Waals surface area contributed by atoms with Crippen LogP contribution in [0, 0.1) is 18.7 Å². The van der Waals surface area contributed by atoms with Crippen molar-refractivity contribution in [3.8, 4) is 0 Å². The Morgan fingerprint density at radius 1 is 1.21 bits per heavy atom. The van der Waals surface area contributed by atoms with Crippen molar-refractivity contribution in [1.82, 2.24) is 20.4 Å². The van der Waals surface area contributed by atoms with Crippen LogP contribution in [-0.2, 0) is 0 Å². The molecule has 3 aromatic rings. The fraction of sp³-hybridized carbons (Fsp3) is 0.444. The first-order chi connectivity index (χ1) is 16.4. The number of hydrogen-bond donors (Lipinski definition) is 2. The third kappa shape index (κ3) is 4.13. The summed E-state index contributed by atoms with van der Waals surface area (Å²) in [6.45, 7) is 3.39. The van der Waals surface area contributed by atoms with E-state index in [4.69, 9.17) is 4.99 Å². The van der Waals surface area contributed by atoms with Crippen molar-refractivity contribution >= 4 is 22.4 Å². The minimum Gasteiger partial charge on any atom is -0.351 e. The first-order valence-electron chi connectivity index (χ1n) is 12.2. The zero-order valence-corrected chi connectivity index (χ0v) is 20.1. The average molecular weight is 462 g/mol. The van der Waals surface area contributed by atoms with E-state index >= 15 is 4.39 Å². The van der Waals surface area contributed by atoms with Gasteiger partial charge in [-0.25, -0.2) is 4.39 Å². The number of aromatic amines is 1. The highest BCUT2D eigenvalue weighted by atomic mass is 19.1. The summed E-state index contributed by atoms with van der Waals surface area (Å²) in [6, 6.07) is 9.05. The molecule has 5 rings (SSSR count). The summed E-state index contributed by atoms with van der Waals surface area (Å²) in [6.07, 6.45) is 5.42. The van der Waals surface area contributed by atoms with Crippen LogP contribution >= 0.6 is 0 Å². The Labute approximate surface area is 199 Å². The number of H-pyrrole nitrogens is 1. The van der Waals surface area contributed by atoms with E-state index in [1.807, 2.05) is 50.2 Å². The van der Waals surface area contributed by atoms with E-state index in [1.165, 1.54) is 18.1 Å². The molecule has 178 valence electrons. The summed E-state index contributed by atoms with van der Waals surface area (Å²) < 4.78 is 15.3. The number of nitrogens with one attached hydrogen (secondary N) is 2. The van der Waals surface area contributed by atoms with Gasteiger partial charge in [-0.05, 0) is 58.0 Å². The second-order valence-corrected chi connectivity index (χ2v) is 9.81. The van der Waals surface area contributed by atoms with Crippen LogP contribution in [-0.4, -0.2) is 48.2 Å². The maximum atomic E-state index is 15.3. The van der Waals surface area contributed by atoms with Gasteiger partial charge in [0, 0.05) is 46.9 Å². The van der Waals surface area contributed by atoms with E-state index in [2.05, 4.69) is 15.5 Å². The van der Waals surface area contributed by atoms with E-state index in [0.717, 1.165) is 54.1 Å². The quantitative estimate of drug-likeness (QED) is 0.612. The molecule has 0 radical (unpaired) electrons. The Balaban J connectivity index is 1.56. The molecule has 2 aliphatic rings. The highest BCUT2D eigenvalue weighted by Gasteiger charge is 2.32. The number of halogens is 1. The SMILES string of the molecule is Cc1[nH]nc2cc(F)c3c(c12)=C1CCCCCC1C(c1ccc(C(=O)NCCN(C)C)cc1)N=3. The number of benzene rings is 2. The number of nitrogens with zero attached hydrogens (tertiary/aromatic N) is 3. The van der Waals surface area contributed by atoms with Crippen molar-refractivity contribution < 1.29 is 9.18 Å². The molecule has 1 aromatic heterocycles. The maximum Gasteiger partial charge on any atom is 0.251 e. The van der Waals surface area contributed by atoms with Gasteiger partial charge < -0.3 is 10.2 Å². The lowest BCUT2D eigenvalue weighted by molar-refractivity contribution is 0.0951. The number of hydrogen-bond acceptors (Lipinski definition) is 4. The van der Waals surface area contributed by atoms with E-state index in [9.17, 15) is 4.79 Å². The third-order valence-corrected chi connectivity index (χ3v) is 7.19. The van der Waals surface area contributed by atoms with Crippen LogP contribution in [0.2, 0.25) is 0 Å². The monoisotopic (exact) mass is 461 g/mol. The van der Waals surface area contributed by atoms with Gasteiger partial charge in [0.1, 0.15) is 5.36 Å². The predicted octanol–water partition coefficient (Wildman–Crippen LogP) is 3.41. The van der Waals surface area contributed by atoms with Crippen molar-refractivity contribution in [2.24, 2.45) is 10.9 Å². The molecule has 6 nitrogen and oxygen atoms in total. The summed E-state index contributed by atoms with van der Waals surface area (Å²) in [5.74, 6) is -0.162. The van der Waals surface area contributed by atoms with Crippen LogP contribution in [0.4, 0.5) is 4.39 Å². The fourth-order valence-electron chi connectivity index (χ4n) is 5.47. The molecule has 1 aliphatic carbocycles. The number of fused-ring (bicyclic) bond motifs is 4. The summed E-state index contributed by atoms with van der Waals surface area (Å²) >= 11 is 0. The molecule has 1 amide bonds. The van der Waals surface area contributed by atoms with Crippen LogP contribution in [0.5, 0.6) is 0 Å². The lowest BCUT2D eigenvalue weighted by Gasteiger charge is -2.29. The van der Waals surface area contributed by atoms with E-state index in [1.54, 1.807) is 0 Å². The summed E-state index contributed by atoms with van der Waals surface area (Å²) in [4.78, 5) is 19.6. The van der Waals surface area contributed by atoms with Gasteiger partial charge >= 0.3 is 0 Å². The molecule has 2 atom stereocenters. The number of amides is 1. The van der Waals surface area contributed by atoms with Crippen molar-refractivity contribution in [2.45, 2.75) is 45.1 Å². The summed E-state index contributed by atoms with van der Waals surface area (Å²) in [5, 5.41) is 12.7. The van der Waals surface area contributed by atoms with Gasteiger partial charge in [0.2, 0.25) is 0 Å². The Hall–Kier alpha value is -3.06. The zero-order chi connectivity index (χ0) is 23.8. The van der Waals surface area contributed by atoms with Crippen molar-refractivity contribution in [1.29, 1.82) is 0 Å². The van der Waals surface area contributed by atoms with Crippen molar-refractivity contribution in [2.75, 3.05) is 27.2 Å². The molecule has 2 N–H and O–H groups in total. The smallest absolute Gasteiger partial charge is 0.251 e. The van der Waals surface area contributed by atoms with Crippen LogP contribution in [0.3, 0.4) is 0 Å². The first-order valence-corrected chi connectivity index (χ1v) is 12.2. The minimum absolute atomic E-state index is 0.0788. The molecule has 1 saturated carbocycles. The minimum atomic E-state index is -0.314. The number of carbonyl (C=O) groups is 1. The molecule has 2 heterocycles. The van der Waals surface area contributed by atoms with E-state index < -0.39 is 0 Å². The highest BCUT2D eigenvalue weighted by molar-refractivity contribution is 5.94. The van der Waals surface area contributed by atoms with Crippen LogP contribution in [0.25, 0.3) is 16.5 Å². The lowest BCUT2D eigenvalue weighted by atomic mass is 9.80.